The molecule has 2 aliphatic heterocycles. The largest absolute Gasteiger partial charge is 0.325 e. The summed E-state index contributed by atoms with van der Waals surface area (Å²) < 4.78 is 0. The number of hydrogen-bond donors (Lipinski definition) is 1. The zero-order valence-corrected chi connectivity index (χ0v) is 14.1. The maximum Gasteiger partial charge on any atom is 0.241 e. The van der Waals surface area contributed by atoms with Crippen molar-refractivity contribution in [2.45, 2.75) is 42.5 Å². The molecule has 0 aliphatic carbocycles. The lowest BCUT2D eigenvalue weighted by Gasteiger charge is -2.25. The number of thioether (sulfide) groups is 1. The number of carbonyl (C=O) groups is 1. The molecule has 1 unspecified atom stereocenters. The van der Waals surface area contributed by atoms with Gasteiger partial charge in [-0.2, -0.15) is 5.26 Å². The lowest BCUT2D eigenvalue weighted by atomic mass is 10.1. The molecule has 0 radical (unpaired) electrons. The van der Waals surface area contributed by atoms with E-state index < -0.39 is 0 Å². The summed E-state index contributed by atoms with van der Waals surface area (Å²) in [6.07, 6.45) is 1.74. The molecule has 3 rings (SSSR count). The van der Waals surface area contributed by atoms with Crippen LogP contribution in [0, 0.1) is 11.3 Å². The highest BCUT2D eigenvalue weighted by molar-refractivity contribution is 8.00. The van der Waals surface area contributed by atoms with E-state index in [-0.39, 0.29) is 41.0 Å². The summed E-state index contributed by atoms with van der Waals surface area (Å²) in [6, 6.07) is 12.0. The van der Waals surface area contributed by atoms with Crippen LogP contribution in [0.2, 0.25) is 0 Å². The lowest BCUT2D eigenvalue weighted by molar-refractivity contribution is -0.133. The molecule has 6 heteroatoms. The van der Waals surface area contributed by atoms with Gasteiger partial charge in [0.05, 0.1) is 17.5 Å². The zero-order chi connectivity index (χ0) is 14.8. The molecule has 2 fully saturated rings. The molecule has 1 amide bonds. The Morgan fingerprint density at radius 2 is 2.14 bits per heavy atom. The van der Waals surface area contributed by atoms with Crippen LogP contribution in [0.5, 0.6) is 0 Å². The van der Waals surface area contributed by atoms with Gasteiger partial charge in [-0.15, -0.1) is 24.2 Å². The van der Waals surface area contributed by atoms with E-state index in [1.165, 1.54) is 5.56 Å². The summed E-state index contributed by atoms with van der Waals surface area (Å²) in [6.45, 7) is 2.79. The Bertz CT molecular complexity index is 562. The summed E-state index contributed by atoms with van der Waals surface area (Å²) in [7, 11) is 0. The van der Waals surface area contributed by atoms with Gasteiger partial charge in [0.15, 0.2) is 0 Å². The highest BCUT2D eigenvalue weighted by Gasteiger charge is 2.41. The monoisotopic (exact) mass is 337 g/mol. The standard InChI is InChI=1S/C16H19N3OS.ClH/c1-11-14(16(20)19-9-5-8-13(19)10-17)18-15(21-11)12-6-3-2-4-7-12;/h2-4,6-7,11,13-15,18H,5,8-9H2,1H3;1H/t11-,13+,14+,15?;/m1./s1. The number of nitrogens with one attached hydrogen (secondary N) is 1. The molecule has 0 saturated carbocycles. The fourth-order valence-electron chi connectivity index (χ4n) is 3.05. The molecule has 1 aromatic rings. The van der Waals surface area contributed by atoms with E-state index in [0.717, 1.165) is 12.8 Å². The summed E-state index contributed by atoms with van der Waals surface area (Å²) >= 11 is 1.78. The zero-order valence-electron chi connectivity index (χ0n) is 12.4. The van der Waals surface area contributed by atoms with Crippen molar-refractivity contribution in [2.24, 2.45) is 0 Å². The molecule has 0 aromatic heterocycles. The normalized spacial score (nSPS) is 30.6. The number of hydrogen-bond acceptors (Lipinski definition) is 4. The van der Waals surface area contributed by atoms with Crippen LogP contribution in [0.25, 0.3) is 0 Å². The number of nitriles is 1. The first-order valence-electron chi connectivity index (χ1n) is 7.37. The average molecular weight is 338 g/mol. The van der Waals surface area contributed by atoms with Gasteiger partial charge in [-0.05, 0) is 18.4 Å². The van der Waals surface area contributed by atoms with Gasteiger partial charge in [0, 0.05) is 11.8 Å². The van der Waals surface area contributed by atoms with Crippen molar-refractivity contribution in [3.05, 3.63) is 35.9 Å². The van der Waals surface area contributed by atoms with Crippen LogP contribution < -0.4 is 5.32 Å². The lowest BCUT2D eigenvalue weighted by Crippen LogP contribution is -2.49. The van der Waals surface area contributed by atoms with Crippen molar-refractivity contribution in [1.82, 2.24) is 10.2 Å². The quantitative estimate of drug-likeness (QED) is 0.901. The molecule has 0 bridgehead atoms. The average Bonchev–Trinajstić information content (AvgIpc) is 3.13. The van der Waals surface area contributed by atoms with E-state index in [1.54, 1.807) is 16.7 Å². The fourth-order valence-corrected chi connectivity index (χ4v) is 4.37. The Morgan fingerprint density at radius 3 is 2.82 bits per heavy atom. The van der Waals surface area contributed by atoms with Crippen LogP contribution in [-0.4, -0.2) is 34.7 Å². The van der Waals surface area contributed by atoms with Crippen LogP contribution in [0.15, 0.2) is 30.3 Å². The van der Waals surface area contributed by atoms with Gasteiger partial charge < -0.3 is 4.90 Å². The van der Waals surface area contributed by atoms with Crippen LogP contribution >= 0.6 is 24.2 Å². The topological polar surface area (TPSA) is 56.1 Å². The van der Waals surface area contributed by atoms with Crippen molar-refractivity contribution >= 4 is 30.1 Å². The second-order valence-electron chi connectivity index (χ2n) is 5.60. The molecule has 4 nitrogen and oxygen atoms in total. The number of carbonyl (C=O) groups excluding carboxylic acids is 1. The second kappa shape index (κ2) is 7.36. The molecule has 2 saturated heterocycles. The van der Waals surface area contributed by atoms with Crippen LogP contribution in [0.4, 0.5) is 0 Å². The Hall–Kier alpha value is -1.22. The first kappa shape index (κ1) is 17.1. The number of nitrogens with zero attached hydrogens (tertiary/aromatic N) is 2. The maximum absolute atomic E-state index is 12.7. The molecule has 2 heterocycles. The van der Waals surface area contributed by atoms with Gasteiger partial charge in [0.2, 0.25) is 5.91 Å². The molecule has 1 N–H and O–H groups in total. The molecule has 2 aliphatic rings. The van der Waals surface area contributed by atoms with E-state index in [0.29, 0.717) is 6.54 Å². The van der Waals surface area contributed by atoms with Crippen LogP contribution in [-0.2, 0) is 4.79 Å². The van der Waals surface area contributed by atoms with Crippen molar-refractivity contribution in [2.75, 3.05) is 6.54 Å². The van der Waals surface area contributed by atoms with E-state index in [2.05, 4.69) is 30.4 Å². The van der Waals surface area contributed by atoms with Gasteiger partial charge in [-0.1, -0.05) is 37.3 Å². The number of benzene rings is 1. The van der Waals surface area contributed by atoms with Crippen molar-refractivity contribution in [3.8, 4) is 6.07 Å². The predicted octanol–water partition coefficient (Wildman–Crippen LogP) is 2.72. The highest BCUT2D eigenvalue weighted by Crippen LogP contribution is 2.38. The molecular weight excluding hydrogens is 318 g/mol. The molecular formula is C16H20ClN3OS. The molecule has 4 atom stereocenters. The van der Waals surface area contributed by atoms with Crippen LogP contribution in [0.3, 0.4) is 0 Å². The van der Waals surface area contributed by atoms with Crippen molar-refractivity contribution in [1.29, 1.82) is 5.26 Å². The number of likely N-dealkylation sites (tertiary alicyclic amines) is 1. The van der Waals surface area contributed by atoms with Crippen LogP contribution in [0.1, 0.15) is 30.7 Å². The number of halogens is 1. The third-order valence-electron chi connectivity index (χ3n) is 4.20. The molecule has 22 heavy (non-hydrogen) atoms. The van der Waals surface area contributed by atoms with E-state index >= 15 is 0 Å². The molecule has 0 spiro atoms. The Kier molecular flexibility index (Phi) is 5.74. The minimum atomic E-state index is -0.243. The summed E-state index contributed by atoms with van der Waals surface area (Å²) in [5.74, 6) is 0.0810. The second-order valence-corrected chi connectivity index (χ2v) is 7.08. The molecule has 1 aromatic carbocycles. The minimum Gasteiger partial charge on any atom is -0.325 e. The van der Waals surface area contributed by atoms with Gasteiger partial charge in [-0.3, -0.25) is 10.1 Å². The maximum atomic E-state index is 12.7. The fraction of sp³-hybridized carbons (Fsp3) is 0.500. The van der Waals surface area contributed by atoms with Gasteiger partial charge in [-0.25, -0.2) is 0 Å². The first-order valence-corrected chi connectivity index (χ1v) is 8.31. The van der Waals surface area contributed by atoms with Crippen molar-refractivity contribution < 1.29 is 4.79 Å². The van der Waals surface area contributed by atoms with E-state index in [4.69, 9.17) is 5.26 Å². The predicted molar refractivity (Wildman–Crippen MR) is 90.8 cm³/mol. The highest BCUT2D eigenvalue weighted by atomic mass is 35.5. The minimum absolute atomic E-state index is 0. The Labute approximate surface area is 141 Å². The Balaban J connectivity index is 0.00000176. The third kappa shape index (κ3) is 3.24. The summed E-state index contributed by atoms with van der Waals surface area (Å²) in [4.78, 5) is 14.5. The van der Waals surface area contributed by atoms with E-state index in [1.807, 2.05) is 18.2 Å². The number of rotatable bonds is 2. The summed E-state index contributed by atoms with van der Waals surface area (Å²) in [5, 5.41) is 13.0. The van der Waals surface area contributed by atoms with Gasteiger partial charge in [0.1, 0.15) is 6.04 Å². The number of amides is 1. The first-order chi connectivity index (χ1) is 10.2. The SMILES string of the molecule is C[C@H]1SC(c2ccccc2)N[C@@H]1C(=O)N1CCC[C@H]1C#N.Cl. The van der Waals surface area contributed by atoms with Crippen molar-refractivity contribution in [3.63, 3.8) is 0 Å². The smallest absolute Gasteiger partial charge is 0.241 e. The van der Waals surface area contributed by atoms with Gasteiger partial charge >= 0.3 is 0 Å². The summed E-state index contributed by atoms with van der Waals surface area (Å²) in [5.41, 5.74) is 1.20. The van der Waals surface area contributed by atoms with Gasteiger partial charge in [0.25, 0.3) is 0 Å². The third-order valence-corrected chi connectivity index (χ3v) is 5.59. The molecule has 118 valence electrons. The Morgan fingerprint density at radius 1 is 1.41 bits per heavy atom. The van der Waals surface area contributed by atoms with E-state index in [9.17, 15) is 4.79 Å².